The number of nitrogens with zero attached hydrogens (tertiary/aromatic N) is 1. The maximum Gasteiger partial charge on any atom is 0.261 e. The Hall–Kier alpha value is -2.05. The minimum atomic E-state index is -3.73. The number of rotatable bonds is 5. The van der Waals surface area contributed by atoms with Gasteiger partial charge in [-0.2, -0.15) is 0 Å². The maximum absolute atomic E-state index is 12.5. The fraction of sp³-hybridized carbons (Fsp3) is 0.278. The van der Waals surface area contributed by atoms with Crippen molar-refractivity contribution in [2.24, 2.45) is 0 Å². The van der Waals surface area contributed by atoms with E-state index in [1.807, 2.05) is 13.8 Å². The smallest absolute Gasteiger partial charge is 0.261 e. The van der Waals surface area contributed by atoms with Crippen molar-refractivity contribution in [2.45, 2.75) is 24.7 Å². The van der Waals surface area contributed by atoms with E-state index >= 15 is 0 Å². The molecule has 0 aliphatic heterocycles. The first-order valence-electron chi connectivity index (χ1n) is 7.76. The Morgan fingerprint density at radius 3 is 2.16 bits per heavy atom. The van der Waals surface area contributed by atoms with Crippen molar-refractivity contribution in [3.05, 3.63) is 58.6 Å². The van der Waals surface area contributed by atoms with Crippen molar-refractivity contribution in [2.75, 3.05) is 18.8 Å². The molecule has 25 heavy (non-hydrogen) atoms. The molecule has 2 aromatic rings. The van der Waals surface area contributed by atoms with Gasteiger partial charge in [0.25, 0.3) is 15.9 Å². The summed E-state index contributed by atoms with van der Waals surface area (Å²) in [4.78, 5) is 13.5. The summed E-state index contributed by atoms with van der Waals surface area (Å²) in [5.41, 5.74) is 1.68. The summed E-state index contributed by atoms with van der Waals surface area (Å²) in [6.45, 7) is 4.08. The molecule has 0 radical (unpaired) electrons. The van der Waals surface area contributed by atoms with Crippen LogP contribution in [0.4, 0.5) is 5.69 Å². The number of carbonyl (C=O) groups is 1. The highest BCUT2D eigenvalue weighted by atomic mass is 35.5. The van der Waals surface area contributed by atoms with Gasteiger partial charge in [0.15, 0.2) is 0 Å². The zero-order chi connectivity index (χ0) is 18.8. The molecular formula is C18H21ClN2O3S. The van der Waals surface area contributed by atoms with Crippen molar-refractivity contribution < 1.29 is 13.2 Å². The van der Waals surface area contributed by atoms with Crippen molar-refractivity contribution in [3.63, 3.8) is 0 Å². The molecule has 1 amide bonds. The highest BCUT2D eigenvalue weighted by Crippen LogP contribution is 2.25. The Balaban J connectivity index is 2.26. The van der Waals surface area contributed by atoms with E-state index in [-0.39, 0.29) is 15.8 Å². The van der Waals surface area contributed by atoms with E-state index in [1.54, 1.807) is 38.4 Å². The van der Waals surface area contributed by atoms with Crippen LogP contribution >= 0.6 is 11.6 Å². The van der Waals surface area contributed by atoms with E-state index in [9.17, 15) is 13.2 Å². The molecule has 2 aromatic carbocycles. The van der Waals surface area contributed by atoms with E-state index in [4.69, 9.17) is 11.6 Å². The van der Waals surface area contributed by atoms with Crippen molar-refractivity contribution in [1.82, 2.24) is 4.90 Å². The molecule has 1 N–H and O–H groups in total. The second-order valence-electron chi connectivity index (χ2n) is 6.22. The predicted octanol–water partition coefficient (Wildman–Crippen LogP) is 3.97. The Labute approximate surface area is 153 Å². The third-order valence-electron chi connectivity index (χ3n) is 3.71. The molecular weight excluding hydrogens is 360 g/mol. The zero-order valence-electron chi connectivity index (χ0n) is 14.6. The van der Waals surface area contributed by atoms with Gasteiger partial charge < -0.3 is 4.90 Å². The molecule has 2 rings (SSSR count). The van der Waals surface area contributed by atoms with Gasteiger partial charge >= 0.3 is 0 Å². The first-order valence-corrected chi connectivity index (χ1v) is 9.62. The summed E-state index contributed by atoms with van der Waals surface area (Å²) < 4.78 is 27.5. The molecule has 0 heterocycles. The Morgan fingerprint density at radius 1 is 1.08 bits per heavy atom. The molecule has 0 fully saturated rings. The minimum absolute atomic E-state index is 0.168. The first-order chi connectivity index (χ1) is 11.6. The number of anilines is 1. The van der Waals surface area contributed by atoms with Crippen LogP contribution in [0.15, 0.2) is 47.4 Å². The average Bonchev–Trinajstić information content (AvgIpc) is 2.54. The van der Waals surface area contributed by atoms with Crippen molar-refractivity contribution in [1.29, 1.82) is 0 Å². The molecule has 0 saturated heterocycles. The summed E-state index contributed by atoms with van der Waals surface area (Å²) in [7, 11) is -0.484. The molecule has 134 valence electrons. The van der Waals surface area contributed by atoms with Crippen LogP contribution in [0.3, 0.4) is 0 Å². The van der Waals surface area contributed by atoms with Crippen LogP contribution in [-0.2, 0) is 10.0 Å². The third kappa shape index (κ3) is 4.52. The molecule has 0 unspecified atom stereocenters. The van der Waals surface area contributed by atoms with Crippen LogP contribution in [-0.4, -0.2) is 33.3 Å². The number of hydrogen-bond donors (Lipinski definition) is 1. The Kier molecular flexibility index (Phi) is 5.75. The zero-order valence-corrected chi connectivity index (χ0v) is 16.1. The lowest BCUT2D eigenvalue weighted by Gasteiger charge is -2.13. The van der Waals surface area contributed by atoms with E-state index < -0.39 is 10.0 Å². The van der Waals surface area contributed by atoms with Gasteiger partial charge in [-0.05, 0) is 41.8 Å². The van der Waals surface area contributed by atoms with Crippen LogP contribution in [0.2, 0.25) is 5.02 Å². The number of halogens is 1. The van der Waals surface area contributed by atoms with Gasteiger partial charge in [0.2, 0.25) is 0 Å². The van der Waals surface area contributed by atoms with Crippen LogP contribution in [0, 0.1) is 0 Å². The van der Waals surface area contributed by atoms with Gasteiger partial charge in [0, 0.05) is 14.1 Å². The van der Waals surface area contributed by atoms with Gasteiger partial charge in [-0.25, -0.2) is 8.42 Å². The number of amides is 1. The van der Waals surface area contributed by atoms with Gasteiger partial charge in [0.1, 0.15) is 0 Å². The predicted molar refractivity (Wildman–Crippen MR) is 101 cm³/mol. The lowest BCUT2D eigenvalue weighted by Crippen LogP contribution is -2.22. The second-order valence-corrected chi connectivity index (χ2v) is 8.31. The summed E-state index contributed by atoms with van der Waals surface area (Å²) >= 11 is 6.12. The molecule has 0 atom stereocenters. The third-order valence-corrected chi connectivity index (χ3v) is 5.42. The molecule has 0 saturated carbocycles. The monoisotopic (exact) mass is 380 g/mol. The number of carbonyl (C=O) groups excluding carboxylic acids is 1. The first kappa shape index (κ1) is 19.3. The van der Waals surface area contributed by atoms with Crippen LogP contribution in [0.1, 0.15) is 35.7 Å². The SMILES string of the molecule is CC(C)c1ccc(S(=O)(=O)Nc2ccc(C(=O)N(C)C)c(Cl)c2)cc1. The highest BCUT2D eigenvalue weighted by molar-refractivity contribution is 7.92. The number of hydrogen-bond acceptors (Lipinski definition) is 3. The largest absolute Gasteiger partial charge is 0.345 e. The van der Waals surface area contributed by atoms with Crippen LogP contribution < -0.4 is 4.72 Å². The number of sulfonamides is 1. The lowest BCUT2D eigenvalue weighted by atomic mass is 10.0. The van der Waals surface area contributed by atoms with Gasteiger partial charge in [-0.15, -0.1) is 0 Å². The van der Waals surface area contributed by atoms with Gasteiger partial charge in [-0.1, -0.05) is 37.6 Å². The lowest BCUT2D eigenvalue weighted by molar-refractivity contribution is 0.0828. The van der Waals surface area contributed by atoms with E-state index in [0.717, 1.165) is 5.56 Å². The van der Waals surface area contributed by atoms with E-state index in [1.165, 1.54) is 23.1 Å². The van der Waals surface area contributed by atoms with E-state index in [0.29, 0.717) is 17.2 Å². The normalized spacial score (nSPS) is 11.4. The Bertz CT molecular complexity index is 876. The molecule has 0 aliphatic carbocycles. The van der Waals surface area contributed by atoms with Gasteiger partial charge in [-0.3, -0.25) is 9.52 Å². The fourth-order valence-electron chi connectivity index (χ4n) is 2.24. The highest BCUT2D eigenvalue weighted by Gasteiger charge is 2.17. The molecule has 7 heteroatoms. The summed E-state index contributed by atoms with van der Waals surface area (Å²) in [6.07, 6.45) is 0. The standard InChI is InChI=1S/C18H21ClN2O3S/c1-12(2)13-5-8-15(9-6-13)25(23,24)20-14-7-10-16(17(19)11-14)18(22)21(3)4/h5-12,20H,1-4H3. The molecule has 0 aromatic heterocycles. The topological polar surface area (TPSA) is 66.5 Å². The molecule has 0 aliphatic rings. The van der Waals surface area contributed by atoms with Crippen molar-refractivity contribution in [3.8, 4) is 0 Å². The summed E-state index contributed by atoms with van der Waals surface area (Å²) in [6, 6.07) is 11.2. The minimum Gasteiger partial charge on any atom is -0.345 e. The second kappa shape index (κ2) is 7.45. The molecule has 0 bridgehead atoms. The van der Waals surface area contributed by atoms with Crippen LogP contribution in [0.25, 0.3) is 0 Å². The quantitative estimate of drug-likeness (QED) is 0.853. The summed E-state index contributed by atoms with van der Waals surface area (Å²) in [5, 5.41) is 0.189. The molecule has 0 spiro atoms. The average molecular weight is 381 g/mol. The fourth-order valence-corrected chi connectivity index (χ4v) is 3.55. The molecule has 5 nitrogen and oxygen atoms in total. The Morgan fingerprint density at radius 2 is 1.68 bits per heavy atom. The summed E-state index contributed by atoms with van der Waals surface area (Å²) in [5.74, 6) is 0.0778. The number of nitrogens with one attached hydrogen (secondary N) is 1. The van der Waals surface area contributed by atoms with Gasteiger partial charge in [0.05, 0.1) is 21.2 Å². The maximum atomic E-state index is 12.5. The number of benzene rings is 2. The van der Waals surface area contributed by atoms with E-state index in [2.05, 4.69) is 4.72 Å². The van der Waals surface area contributed by atoms with Crippen molar-refractivity contribution >= 4 is 33.2 Å². The van der Waals surface area contributed by atoms with Crippen LogP contribution in [0.5, 0.6) is 0 Å².